The monoisotopic (exact) mass is 277 g/mol. The van der Waals surface area contributed by atoms with Crippen LogP contribution in [0.15, 0.2) is 12.1 Å². The molecule has 0 radical (unpaired) electrons. The van der Waals surface area contributed by atoms with Crippen LogP contribution in [-0.4, -0.2) is 42.0 Å². The van der Waals surface area contributed by atoms with E-state index in [1.165, 1.54) is 31.7 Å². The van der Waals surface area contributed by atoms with Crippen LogP contribution >= 0.6 is 0 Å². The van der Waals surface area contributed by atoms with Crippen LogP contribution in [0.5, 0.6) is 0 Å². The molecule has 0 spiro atoms. The van der Waals surface area contributed by atoms with E-state index in [9.17, 15) is 4.79 Å². The van der Waals surface area contributed by atoms with E-state index in [0.717, 1.165) is 13.1 Å². The maximum atomic E-state index is 11.1. The number of amides is 1. The Balaban J connectivity index is 1.87. The van der Waals surface area contributed by atoms with Crippen LogP contribution in [0.2, 0.25) is 0 Å². The summed E-state index contributed by atoms with van der Waals surface area (Å²) in [5.41, 5.74) is 11.8. The molecule has 1 aromatic heterocycles. The number of carbonyl (C=O) groups is 1. The molecule has 1 aliphatic carbocycles. The SMILES string of the molecule is CN(CCNc1nc(C(N)=O)ccc1N)C1CCCC1. The van der Waals surface area contributed by atoms with Crippen LogP contribution in [0.4, 0.5) is 11.5 Å². The Bertz CT molecular complexity index is 471. The third kappa shape index (κ3) is 3.60. The van der Waals surface area contributed by atoms with Crippen LogP contribution in [0.3, 0.4) is 0 Å². The molecular formula is C14H23N5O. The summed E-state index contributed by atoms with van der Waals surface area (Å²) < 4.78 is 0. The Labute approximate surface area is 119 Å². The minimum atomic E-state index is -0.545. The average molecular weight is 277 g/mol. The van der Waals surface area contributed by atoms with E-state index in [-0.39, 0.29) is 5.69 Å². The van der Waals surface area contributed by atoms with E-state index in [1.807, 2.05) is 0 Å². The van der Waals surface area contributed by atoms with E-state index >= 15 is 0 Å². The van der Waals surface area contributed by atoms with Crippen molar-refractivity contribution >= 4 is 17.4 Å². The van der Waals surface area contributed by atoms with Gasteiger partial charge in [-0.05, 0) is 32.0 Å². The van der Waals surface area contributed by atoms with Crippen molar-refractivity contribution in [3.05, 3.63) is 17.8 Å². The molecule has 0 unspecified atom stereocenters. The molecule has 1 amide bonds. The van der Waals surface area contributed by atoms with Gasteiger partial charge < -0.3 is 21.7 Å². The zero-order valence-corrected chi connectivity index (χ0v) is 11.9. The van der Waals surface area contributed by atoms with Crippen molar-refractivity contribution < 1.29 is 4.79 Å². The van der Waals surface area contributed by atoms with Gasteiger partial charge in [-0.25, -0.2) is 4.98 Å². The fraction of sp³-hybridized carbons (Fsp3) is 0.571. The van der Waals surface area contributed by atoms with Crippen molar-refractivity contribution in [1.82, 2.24) is 9.88 Å². The lowest BCUT2D eigenvalue weighted by Gasteiger charge is -2.24. The van der Waals surface area contributed by atoms with Gasteiger partial charge in [-0.2, -0.15) is 0 Å². The molecular weight excluding hydrogens is 254 g/mol. The minimum Gasteiger partial charge on any atom is -0.396 e. The number of primary amides is 1. The van der Waals surface area contributed by atoms with Gasteiger partial charge in [0.1, 0.15) is 11.5 Å². The summed E-state index contributed by atoms with van der Waals surface area (Å²) in [6.45, 7) is 1.67. The molecule has 2 rings (SSSR count). The highest BCUT2D eigenvalue weighted by atomic mass is 16.1. The molecule has 5 N–H and O–H groups in total. The maximum absolute atomic E-state index is 11.1. The van der Waals surface area contributed by atoms with Gasteiger partial charge in [0.15, 0.2) is 0 Å². The first-order valence-electron chi connectivity index (χ1n) is 7.08. The smallest absolute Gasteiger partial charge is 0.267 e. The van der Waals surface area contributed by atoms with Crippen LogP contribution < -0.4 is 16.8 Å². The molecule has 110 valence electrons. The normalized spacial score (nSPS) is 15.7. The number of nitrogens with zero attached hydrogens (tertiary/aromatic N) is 2. The van der Waals surface area contributed by atoms with E-state index in [2.05, 4.69) is 22.2 Å². The molecule has 1 aromatic rings. The molecule has 0 aliphatic heterocycles. The second-order valence-corrected chi connectivity index (χ2v) is 5.34. The Morgan fingerprint density at radius 2 is 2.15 bits per heavy atom. The van der Waals surface area contributed by atoms with Crippen molar-refractivity contribution in [1.29, 1.82) is 0 Å². The predicted molar refractivity (Wildman–Crippen MR) is 80.5 cm³/mol. The second kappa shape index (κ2) is 6.56. The second-order valence-electron chi connectivity index (χ2n) is 5.34. The minimum absolute atomic E-state index is 0.228. The summed E-state index contributed by atoms with van der Waals surface area (Å²) in [6.07, 6.45) is 5.23. The van der Waals surface area contributed by atoms with Gasteiger partial charge in [0.05, 0.1) is 5.69 Å². The van der Waals surface area contributed by atoms with E-state index in [1.54, 1.807) is 6.07 Å². The summed E-state index contributed by atoms with van der Waals surface area (Å²) in [4.78, 5) is 17.6. The zero-order valence-electron chi connectivity index (χ0n) is 11.9. The molecule has 1 saturated carbocycles. The molecule has 0 atom stereocenters. The van der Waals surface area contributed by atoms with Gasteiger partial charge in [-0.15, -0.1) is 0 Å². The Morgan fingerprint density at radius 3 is 2.80 bits per heavy atom. The number of nitrogens with two attached hydrogens (primary N) is 2. The van der Waals surface area contributed by atoms with Crippen molar-refractivity contribution in [2.45, 2.75) is 31.7 Å². The summed E-state index contributed by atoms with van der Waals surface area (Å²) >= 11 is 0. The molecule has 6 nitrogen and oxygen atoms in total. The fourth-order valence-electron chi connectivity index (χ4n) is 2.63. The molecule has 0 bridgehead atoms. The number of hydrogen-bond donors (Lipinski definition) is 3. The zero-order chi connectivity index (χ0) is 14.5. The lowest BCUT2D eigenvalue weighted by atomic mass is 10.2. The third-order valence-electron chi connectivity index (χ3n) is 3.88. The number of anilines is 2. The first-order chi connectivity index (χ1) is 9.58. The number of aromatic nitrogens is 1. The third-order valence-corrected chi connectivity index (χ3v) is 3.88. The number of pyridine rings is 1. The number of carbonyl (C=O) groups excluding carboxylic acids is 1. The maximum Gasteiger partial charge on any atom is 0.267 e. The molecule has 1 heterocycles. The topological polar surface area (TPSA) is 97.3 Å². The highest BCUT2D eigenvalue weighted by Gasteiger charge is 2.18. The summed E-state index contributed by atoms with van der Waals surface area (Å²) in [6, 6.07) is 3.88. The van der Waals surface area contributed by atoms with Crippen LogP contribution in [0, 0.1) is 0 Å². The molecule has 0 saturated heterocycles. The van der Waals surface area contributed by atoms with E-state index in [4.69, 9.17) is 11.5 Å². The fourth-order valence-corrected chi connectivity index (χ4v) is 2.63. The van der Waals surface area contributed by atoms with Crippen molar-refractivity contribution in [3.63, 3.8) is 0 Å². The lowest BCUT2D eigenvalue weighted by Crippen LogP contribution is -2.33. The standard InChI is InChI=1S/C14H23N5O/c1-19(10-4-2-3-5-10)9-8-17-14-11(15)6-7-12(18-14)13(16)20/h6-7,10H,2-5,8-9,15H2,1H3,(H2,16,20)(H,17,18). The van der Waals surface area contributed by atoms with Crippen molar-refractivity contribution in [3.8, 4) is 0 Å². The number of nitrogens with one attached hydrogen (secondary N) is 1. The van der Waals surface area contributed by atoms with Crippen LogP contribution in [-0.2, 0) is 0 Å². The summed E-state index contributed by atoms with van der Waals surface area (Å²) in [5, 5.41) is 3.18. The average Bonchev–Trinajstić information content (AvgIpc) is 2.94. The molecule has 1 aliphatic rings. The number of nitrogen functional groups attached to an aromatic ring is 1. The van der Waals surface area contributed by atoms with E-state index < -0.39 is 5.91 Å². The van der Waals surface area contributed by atoms with Gasteiger partial charge in [0, 0.05) is 19.1 Å². The Morgan fingerprint density at radius 1 is 1.45 bits per heavy atom. The van der Waals surface area contributed by atoms with Crippen LogP contribution in [0.1, 0.15) is 36.2 Å². The van der Waals surface area contributed by atoms with E-state index in [0.29, 0.717) is 17.5 Å². The molecule has 0 aromatic carbocycles. The van der Waals surface area contributed by atoms with Crippen molar-refractivity contribution in [2.24, 2.45) is 5.73 Å². The lowest BCUT2D eigenvalue weighted by molar-refractivity contribution is 0.0996. The Hall–Kier alpha value is -1.82. The van der Waals surface area contributed by atoms with Crippen LogP contribution in [0.25, 0.3) is 0 Å². The summed E-state index contributed by atoms with van der Waals surface area (Å²) in [5.74, 6) is -0.0164. The number of rotatable bonds is 6. The van der Waals surface area contributed by atoms with Crippen molar-refractivity contribution in [2.75, 3.05) is 31.2 Å². The molecule has 6 heteroatoms. The van der Waals surface area contributed by atoms with Gasteiger partial charge >= 0.3 is 0 Å². The van der Waals surface area contributed by atoms with Gasteiger partial charge in [0.2, 0.25) is 0 Å². The summed E-state index contributed by atoms with van der Waals surface area (Å²) in [7, 11) is 2.15. The van der Waals surface area contributed by atoms with Gasteiger partial charge in [0.25, 0.3) is 5.91 Å². The highest BCUT2D eigenvalue weighted by molar-refractivity contribution is 5.91. The van der Waals surface area contributed by atoms with Gasteiger partial charge in [-0.3, -0.25) is 4.79 Å². The number of likely N-dealkylation sites (N-methyl/N-ethyl adjacent to an activating group) is 1. The predicted octanol–water partition coefficient (Wildman–Crippen LogP) is 1.05. The Kier molecular flexibility index (Phi) is 4.79. The highest BCUT2D eigenvalue weighted by Crippen LogP contribution is 2.22. The first-order valence-corrected chi connectivity index (χ1v) is 7.08. The largest absolute Gasteiger partial charge is 0.396 e. The molecule has 20 heavy (non-hydrogen) atoms. The number of hydrogen-bond acceptors (Lipinski definition) is 5. The molecule has 1 fully saturated rings. The quantitative estimate of drug-likeness (QED) is 0.722. The first kappa shape index (κ1) is 14.6. The van der Waals surface area contributed by atoms with Gasteiger partial charge in [-0.1, -0.05) is 12.8 Å².